The number of hydrogen-bond acceptors (Lipinski definition) is 4. The highest BCUT2D eigenvalue weighted by atomic mass is 16.5. The molecule has 1 atom stereocenters. The Morgan fingerprint density at radius 2 is 1.77 bits per heavy atom. The molecule has 3 rings (SSSR count). The first kappa shape index (κ1) is 23.5. The Labute approximate surface area is 187 Å². The normalized spacial score (nSPS) is 15.9. The van der Waals surface area contributed by atoms with E-state index < -0.39 is 0 Å². The van der Waals surface area contributed by atoms with Crippen molar-refractivity contribution in [2.75, 3.05) is 32.8 Å². The number of hydrogen-bond donors (Lipinski definition) is 1. The summed E-state index contributed by atoms with van der Waals surface area (Å²) >= 11 is 0. The Balaban J connectivity index is 1.64. The maximum absolute atomic E-state index is 12.9. The van der Waals surface area contributed by atoms with Crippen LogP contribution in [0.15, 0.2) is 24.3 Å². The van der Waals surface area contributed by atoms with Gasteiger partial charge in [-0.05, 0) is 44.2 Å². The molecule has 0 radical (unpaired) electrons. The SMILES string of the molecule is Cc1ccc(C(CN2CCOCC2)NC(=O)CCc2c(C)nn(CC(C)C)c2C)cc1. The van der Waals surface area contributed by atoms with Gasteiger partial charge in [-0.15, -0.1) is 0 Å². The van der Waals surface area contributed by atoms with Crippen molar-refractivity contribution in [3.05, 3.63) is 52.3 Å². The minimum Gasteiger partial charge on any atom is -0.379 e. The van der Waals surface area contributed by atoms with Crippen LogP contribution in [0.2, 0.25) is 0 Å². The fourth-order valence-electron chi connectivity index (χ4n) is 4.20. The van der Waals surface area contributed by atoms with E-state index in [1.54, 1.807) is 0 Å². The maximum atomic E-state index is 12.9. The second-order valence-electron chi connectivity index (χ2n) is 9.17. The number of ether oxygens (including phenoxy) is 1. The summed E-state index contributed by atoms with van der Waals surface area (Å²) < 4.78 is 7.57. The molecule has 1 amide bonds. The van der Waals surface area contributed by atoms with Gasteiger partial charge < -0.3 is 10.1 Å². The van der Waals surface area contributed by atoms with Crippen LogP contribution in [0, 0.1) is 26.7 Å². The summed E-state index contributed by atoms with van der Waals surface area (Å²) in [4.78, 5) is 15.3. The van der Waals surface area contributed by atoms with E-state index in [0.717, 1.165) is 57.1 Å². The molecule has 1 aliphatic rings. The number of amides is 1. The molecular formula is C25H38N4O2. The number of morpholine rings is 1. The van der Waals surface area contributed by atoms with Crippen molar-refractivity contribution in [1.82, 2.24) is 20.0 Å². The lowest BCUT2D eigenvalue weighted by atomic mass is 10.0. The average Bonchev–Trinajstić information content (AvgIpc) is 2.99. The Morgan fingerprint density at radius 1 is 1.10 bits per heavy atom. The first-order valence-electron chi connectivity index (χ1n) is 11.5. The molecule has 2 aromatic rings. The van der Waals surface area contributed by atoms with Crippen molar-refractivity contribution in [2.24, 2.45) is 5.92 Å². The predicted molar refractivity (Wildman–Crippen MR) is 124 cm³/mol. The average molecular weight is 427 g/mol. The van der Waals surface area contributed by atoms with Gasteiger partial charge in [0, 0.05) is 38.3 Å². The quantitative estimate of drug-likeness (QED) is 0.666. The van der Waals surface area contributed by atoms with E-state index in [0.29, 0.717) is 12.3 Å². The number of carbonyl (C=O) groups is 1. The smallest absolute Gasteiger partial charge is 0.220 e. The molecule has 31 heavy (non-hydrogen) atoms. The van der Waals surface area contributed by atoms with E-state index in [9.17, 15) is 4.79 Å². The van der Waals surface area contributed by atoms with Crippen molar-refractivity contribution in [1.29, 1.82) is 0 Å². The topological polar surface area (TPSA) is 59.4 Å². The van der Waals surface area contributed by atoms with Crippen LogP contribution >= 0.6 is 0 Å². The number of aryl methyl sites for hydroxylation is 2. The first-order valence-corrected chi connectivity index (χ1v) is 11.5. The van der Waals surface area contributed by atoms with E-state index >= 15 is 0 Å². The third-order valence-corrected chi connectivity index (χ3v) is 6.03. The van der Waals surface area contributed by atoms with Crippen LogP contribution in [-0.2, 0) is 22.5 Å². The third-order valence-electron chi connectivity index (χ3n) is 6.03. The summed E-state index contributed by atoms with van der Waals surface area (Å²) in [6.07, 6.45) is 1.19. The molecule has 0 saturated carbocycles. The van der Waals surface area contributed by atoms with Gasteiger partial charge in [-0.2, -0.15) is 5.10 Å². The number of nitrogens with one attached hydrogen (secondary N) is 1. The fourth-order valence-corrected chi connectivity index (χ4v) is 4.20. The summed E-state index contributed by atoms with van der Waals surface area (Å²) in [5, 5.41) is 7.99. The zero-order valence-electron chi connectivity index (χ0n) is 19.8. The summed E-state index contributed by atoms with van der Waals surface area (Å²) in [6, 6.07) is 8.47. The molecule has 1 saturated heterocycles. The van der Waals surface area contributed by atoms with Gasteiger partial charge >= 0.3 is 0 Å². The first-order chi connectivity index (χ1) is 14.8. The number of rotatable bonds is 9. The van der Waals surface area contributed by atoms with Gasteiger partial charge in [0.1, 0.15) is 0 Å². The minimum absolute atomic E-state index is 0.0166. The van der Waals surface area contributed by atoms with Gasteiger partial charge in [0.2, 0.25) is 5.91 Å². The van der Waals surface area contributed by atoms with Crippen LogP contribution in [0.3, 0.4) is 0 Å². The lowest BCUT2D eigenvalue weighted by molar-refractivity contribution is -0.122. The zero-order valence-corrected chi connectivity index (χ0v) is 19.8. The monoisotopic (exact) mass is 426 g/mol. The fraction of sp³-hybridized carbons (Fsp3) is 0.600. The minimum atomic E-state index is -0.0166. The standard InChI is InChI=1S/C25H38N4O2/c1-18(2)16-29-21(5)23(20(4)27-29)10-11-25(30)26-24(17-28-12-14-31-15-13-28)22-8-6-19(3)7-9-22/h6-9,18,24H,10-17H2,1-5H3,(H,26,30). The molecule has 170 valence electrons. The lowest BCUT2D eigenvalue weighted by Gasteiger charge is -2.31. The van der Waals surface area contributed by atoms with Gasteiger partial charge in [-0.1, -0.05) is 43.7 Å². The molecule has 2 heterocycles. The summed E-state index contributed by atoms with van der Waals surface area (Å²) in [7, 11) is 0. The Hall–Kier alpha value is -2.18. The molecule has 1 aliphatic heterocycles. The van der Waals surface area contributed by atoms with Gasteiger partial charge in [-0.25, -0.2) is 0 Å². The van der Waals surface area contributed by atoms with Gasteiger partial charge in [-0.3, -0.25) is 14.4 Å². The van der Waals surface area contributed by atoms with Gasteiger partial charge in [0.05, 0.1) is 24.9 Å². The van der Waals surface area contributed by atoms with Crippen molar-refractivity contribution in [3.8, 4) is 0 Å². The Bertz CT molecular complexity index is 851. The van der Waals surface area contributed by atoms with Crippen LogP contribution in [-0.4, -0.2) is 53.4 Å². The van der Waals surface area contributed by atoms with Crippen molar-refractivity contribution < 1.29 is 9.53 Å². The highest BCUT2D eigenvalue weighted by molar-refractivity contribution is 5.76. The Morgan fingerprint density at radius 3 is 2.42 bits per heavy atom. The van der Waals surface area contributed by atoms with E-state index in [1.807, 2.05) is 6.92 Å². The number of carbonyl (C=O) groups excluding carboxylic acids is 1. The van der Waals surface area contributed by atoms with Crippen molar-refractivity contribution in [3.63, 3.8) is 0 Å². The van der Waals surface area contributed by atoms with E-state index in [2.05, 4.69) is 72.0 Å². The van der Waals surface area contributed by atoms with Crippen molar-refractivity contribution >= 4 is 5.91 Å². The molecule has 1 unspecified atom stereocenters. The molecule has 1 fully saturated rings. The predicted octanol–water partition coefficient (Wildman–Crippen LogP) is 3.59. The van der Waals surface area contributed by atoms with Gasteiger partial charge in [0.25, 0.3) is 0 Å². The highest BCUT2D eigenvalue weighted by Crippen LogP contribution is 2.19. The summed E-state index contributed by atoms with van der Waals surface area (Å²) in [6.45, 7) is 15.7. The third kappa shape index (κ3) is 6.65. The van der Waals surface area contributed by atoms with E-state index in [1.165, 1.54) is 16.8 Å². The molecule has 6 heteroatoms. The molecule has 1 aromatic carbocycles. The Kier molecular flexibility index (Phi) is 8.27. The number of aromatic nitrogens is 2. The van der Waals surface area contributed by atoms with E-state index in [-0.39, 0.29) is 11.9 Å². The largest absolute Gasteiger partial charge is 0.379 e. The molecule has 0 aliphatic carbocycles. The number of benzene rings is 1. The second-order valence-corrected chi connectivity index (χ2v) is 9.17. The molecule has 0 bridgehead atoms. The van der Waals surface area contributed by atoms with Crippen LogP contribution < -0.4 is 5.32 Å². The van der Waals surface area contributed by atoms with E-state index in [4.69, 9.17) is 4.74 Å². The lowest BCUT2D eigenvalue weighted by Crippen LogP contribution is -2.43. The summed E-state index contributed by atoms with van der Waals surface area (Å²) in [5.74, 6) is 0.638. The molecule has 0 spiro atoms. The molecule has 6 nitrogen and oxygen atoms in total. The van der Waals surface area contributed by atoms with Crippen LogP contribution in [0.25, 0.3) is 0 Å². The maximum Gasteiger partial charge on any atom is 0.220 e. The zero-order chi connectivity index (χ0) is 22.4. The summed E-state index contributed by atoms with van der Waals surface area (Å²) in [5.41, 5.74) is 5.81. The molecular weight excluding hydrogens is 388 g/mol. The van der Waals surface area contributed by atoms with Crippen molar-refractivity contribution in [2.45, 2.75) is 60.0 Å². The van der Waals surface area contributed by atoms with Crippen LogP contribution in [0.1, 0.15) is 54.4 Å². The van der Waals surface area contributed by atoms with Crippen LogP contribution in [0.4, 0.5) is 0 Å². The molecule has 1 aromatic heterocycles. The molecule has 1 N–H and O–H groups in total. The van der Waals surface area contributed by atoms with Gasteiger partial charge in [0.15, 0.2) is 0 Å². The number of nitrogens with zero attached hydrogens (tertiary/aromatic N) is 3. The highest BCUT2D eigenvalue weighted by Gasteiger charge is 2.21. The second kappa shape index (κ2) is 10.9. The van der Waals surface area contributed by atoms with Crippen LogP contribution in [0.5, 0.6) is 0 Å².